The molecule has 0 saturated heterocycles. The molecular formula is C25H29FN4O5. The Morgan fingerprint density at radius 2 is 1.94 bits per heavy atom. The number of carbonyl (C=O) groups excluding carboxylic acids is 1. The summed E-state index contributed by atoms with van der Waals surface area (Å²) < 4.78 is 25.6. The van der Waals surface area contributed by atoms with Crippen molar-refractivity contribution in [3.8, 4) is 11.5 Å². The Morgan fingerprint density at radius 1 is 1.17 bits per heavy atom. The number of methoxy groups -OCH3 is 1. The molecule has 0 unspecified atom stereocenters. The SMILES string of the molecule is CCCCn1c(N)c(N(Cc2ccccc2OC)C(=O)CCOc2cccc(F)c2)c(=O)[nH]c1=O. The fourth-order valence-electron chi connectivity index (χ4n) is 3.62. The maximum atomic E-state index is 13.4. The lowest BCUT2D eigenvalue weighted by atomic mass is 10.1. The molecule has 0 spiro atoms. The van der Waals surface area contributed by atoms with Crippen molar-refractivity contribution in [2.24, 2.45) is 0 Å². The van der Waals surface area contributed by atoms with Gasteiger partial charge < -0.3 is 15.2 Å². The number of nitrogens with one attached hydrogen (secondary N) is 1. The molecule has 1 heterocycles. The second-order valence-electron chi connectivity index (χ2n) is 7.85. The lowest BCUT2D eigenvalue weighted by Gasteiger charge is -2.25. The lowest BCUT2D eigenvalue weighted by Crippen LogP contribution is -2.41. The Balaban J connectivity index is 1.96. The van der Waals surface area contributed by atoms with Gasteiger partial charge in [0.05, 0.1) is 26.7 Å². The molecule has 10 heteroatoms. The number of para-hydroxylation sites is 1. The van der Waals surface area contributed by atoms with Crippen LogP contribution in [0.2, 0.25) is 0 Å². The van der Waals surface area contributed by atoms with Gasteiger partial charge in [-0.25, -0.2) is 9.18 Å². The summed E-state index contributed by atoms with van der Waals surface area (Å²) in [5.74, 6) is -0.220. The van der Waals surface area contributed by atoms with Gasteiger partial charge in [-0.1, -0.05) is 37.6 Å². The van der Waals surface area contributed by atoms with Crippen LogP contribution in [0.25, 0.3) is 0 Å². The first-order chi connectivity index (χ1) is 16.8. The van der Waals surface area contributed by atoms with Gasteiger partial charge in [0, 0.05) is 18.2 Å². The second-order valence-corrected chi connectivity index (χ2v) is 7.85. The number of aromatic amines is 1. The molecule has 0 fully saturated rings. The van der Waals surface area contributed by atoms with Crippen molar-refractivity contribution < 1.29 is 18.7 Å². The minimum atomic E-state index is -0.769. The average molecular weight is 485 g/mol. The molecule has 35 heavy (non-hydrogen) atoms. The van der Waals surface area contributed by atoms with Gasteiger partial charge in [-0.2, -0.15) is 0 Å². The summed E-state index contributed by atoms with van der Waals surface area (Å²) in [5.41, 5.74) is 5.38. The Labute approximate surface area is 201 Å². The highest BCUT2D eigenvalue weighted by molar-refractivity contribution is 5.95. The molecule has 3 N–H and O–H groups in total. The van der Waals surface area contributed by atoms with Gasteiger partial charge in [-0.15, -0.1) is 0 Å². The third-order valence-corrected chi connectivity index (χ3v) is 5.42. The predicted octanol–water partition coefficient (Wildman–Crippen LogP) is 3.07. The van der Waals surface area contributed by atoms with Gasteiger partial charge in [0.15, 0.2) is 5.69 Å². The number of nitrogen functional groups attached to an aromatic ring is 1. The number of hydrogen-bond donors (Lipinski definition) is 2. The van der Waals surface area contributed by atoms with E-state index in [2.05, 4.69) is 4.98 Å². The average Bonchev–Trinajstić information content (AvgIpc) is 2.83. The first-order valence-corrected chi connectivity index (χ1v) is 11.3. The number of unbranched alkanes of at least 4 members (excludes halogenated alkanes) is 1. The van der Waals surface area contributed by atoms with E-state index in [0.717, 1.165) is 6.42 Å². The first kappa shape index (κ1) is 25.5. The van der Waals surface area contributed by atoms with Crippen LogP contribution in [-0.2, 0) is 17.9 Å². The summed E-state index contributed by atoms with van der Waals surface area (Å²) in [6, 6.07) is 12.6. The minimum Gasteiger partial charge on any atom is -0.496 e. The standard InChI is InChI=1S/C25H29FN4O5/c1-3-4-13-29-23(27)22(24(32)28-25(29)33)30(16-17-8-5-6-11-20(17)34-2)21(31)12-14-35-19-10-7-9-18(26)15-19/h5-11,15H,3-4,12-14,16,27H2,1-2H3,(H,28,32,33). The van der Waals surface area contributed by atoms with Gasteiger partial charge in [0.1, 0.15) is 23.1 Å². The van der Waals surface area contributed by atoms with E-state index in [1.54, 1.807) is 30.3 Å². The van der Waals surface area contributed by atoms with E-state index in [1.165, 1.54) is 34.8 Å². The number of rotatable bonds is 11. The van der Waals surface area contributed by atoms with Crippen molar-refractivity contribution in [2.45, 2.75) is 39.3 Å². The maximum absolute atomic E-state index is 13.4. The van der Waals surface area contributed by atoms with E-state index in [0.29, 0.717) is 24.3 Å². The molecule has 0 aliphatic carbocycles. The monoisotopic (exact) mass is 484 g/mol. The van der Waals surface area contributed by atoms with Crippen LogP contribution in [0.3, 0.4) is 0 Å². The van der Waals surface area contributed by atoms with E-state index in [-0.39, 0.29) is 36.8 Å². The zero-order valence-electron chi connectivity index (χ0n) is 19.8. The number of ether oxygens (including phenoxy) is 2. The molecule has 2 aromatic carbocycles. The summed E-state index contributed by atoms with van der Waals surface area (Å²) >= 11 is 0. The molecular weight excluding hydrogens is 455 g/mol. The highest BCUT2D eigenvalue weighted by Gasteiger charge is 2.25. The van der Waals surface area contributed by atoms with Crippen LogP contribution in [0.4, 0.5) is 15.9 Å². The fraction of sp³-hybridized carbons (Fsp3) is 0.320. The number of nitrogens with zero attached hydrogens (tertiary/aromatic N) is 2. The normalized spacial score (nSPS) is 10.7. The van der Waals surface area contributed by atoms with Crippen molar-refractivity contribution in [1.82, 2.24) is 9.55 Å². The number of carbonyl (C=O) groups is 1. The lowest BCUT2D eigenvalue weighted by molar-refractivity contribution is -0.119. The van der Waals surface area contributed by atoms with E-state index < -0.39 is 23.0 Å². The summed E-state index contributed by atoms with van der Waals surface area (Å²) in [4.78, 5) is 42.1. The van der Waals surface area contributed by atoms with E-state index >= 15 is 0 Å². The zero-order chi connectivity index (χ0) is 25.4. The van der Waals surface area contributed by atoms with Gasteiger partial charge in [0.25, 0.3) is 5.56 Å². The smallest absolute Gasteiger partial charge is 0.330 e. The Bertz CT molecular complexity index is 1290. The van der Waals surface area contributed by atoms with Crippen LogP contribution in [0.1, 0.15) is 31.7 Å². The van der Waals surface area contributed by atoms with Crippen LogP contribution < -0.4 is 31.4 Å². The molecule has 0 aliphatic heterocycles. The van der Waals surface area contributed by atoms with Crippen LogP contribution in [0.15, 0.2) is 58.1 Å². The second kappa shape index (κ2) is 11.9. The quantitative estimate of drug-likeness (QED) is 0.432. The largest absolute Gasteiger partial charge is 0.496 e. The van der Waals surface area contributed by atoms with Crippen LogP contribution in [0, 0.1) is 5.82 Å². The molecule has 186 valence electrons. The summed E-state index contributed by atoms with van der Waals surface area (Å²) in [6.07, 6.45) is 1.35. The highest BCUT2D eigenvalue weighted by atomic mass is 19.1. The summed E-state index contributed by atoms with van der Waals surface area (Å²) in [6.45, 7) is 2.17. The maximum Gasteiger partial charge on any atom is 0.330 e. The number of benzene rings is 2. The van der Waals surface area contributed by atoms with Crippen molar-refractivity contribution >= 4 is 17.4 Å². The molecule has 1 aromatic heterocycles. The summed E-state index contributed by atoms with van der Waals surface area (Å²) in [5, 5.41) is 0. The molecule has 0 saturated carbocycles. The van der Waals surface area contributed by atoms with E-state index in [9.17, 15) is 18.8 Å². The number of amides is 1. The molecule has 9 nitrogen and oxygen atoms in total. The van der Waals surface area contributed by atoms with Gasteiger partial charge in [-0.3, -0.25) is 24.0 Å². The molecule has 3 rings (SSSR count). The molecule has 0 atom stereocenters. The third kappa shape index (κ3) is 6.28. The van der Waals surface area contributed by atoms with E-state index in [1.807, 2.05) is 6.92 Å². The van der Waals surface area contributed by atoms with E-state index in [4.69, 9.17) is 15.2 Å². The number of aromatic nitrogens is 2. The number of hydrogen-bond acceptors (Lipinski definition) is 6. The first-order valence-electron chi connectivity index (χ1n) is 11.3. The predicted molar refractivity (Wildman–Crippen MR) is 131 cm³/mol. The third-order valence-electron chi connectivity index (χ3n) is 5.42. The Hall–Kier alpha value is -4.08. The van der Waals surface area contributed by atoms with Crippen LogP contribution in [0.5, 0.6) is 11.5 Å². The van der Waals surface area contributed by atoms with Crippen LogP contribution >= 0.6 is 0 Å². The highest BCUT2D eigenvalue weighted by Crippen LogP contribution is 2.25. The Morgan fingerprint density at radius 3 is 2.66 bits per heavy atom. The minimum absolute atomic E-state index is 0.0257. The number of nitrogens with two attached hydrogens (primary N) is 1. The number of H-pyrrole nitrogens is 1. The van der Waals surface area contributed by atoms with Gasteiger partial charge in [0.2, 0.25) is 5.91 Å². The number of anilines is 2. The van der Waals surface area contributed by atoms with Crippen molar-refractivity contribution in [1.29, 1.82) is 0 Å². The molecule has 0 aliphatic rings. The number of halogens is 1. The topological polar surface area (TPSA) is 120 Å². The Kier molecular flexibility index (Phi) is 8.66. The molecule has 0 radical (unpaired) electrons. The summed E-state index contributed by atoms with van der Waals surface area (Å²) in [7, 11) is 1.50. The van der Waals surface area contributed by atoms with Crippen LogP contribution in [-0.4, -0.2) is 29.2 Å². The zero-order valence-corrected chi connectivity index (χ0v) is 19.8. The fourth-order valence-corrected chi connectivity index (χ4v) is 3.62. The van der Waals surface area contributed by atoms with Gasteiger partial charge >= 0.3 is 5.69 Å². The molecule has 1 amide bonds. The molecule has 0 bridgehead atoms. The van der Waals surface area contributed by atoms with Gasteiger partial charge in [-0.05, 0) is 24.6 Å². The molecule has 3 aromatic rings. The van der Waals surface area contributed by atoms with Crippen molar-refractivity contribution in [3.63, 3.8) is 0 Å². The van der Waals surface area contributed by atoms with Crippen molar-refractivity contribution in [3.05, 3.63) is 80.7 Å². The van der Waals surface area contributed by atoms with Crippen molar-refractivity contribution in [2.75, 3.05) is 24.4 Å².